The number of benzene rings is 1. The molecule has 0 saturated carbocycles. The highest BCUT2D eigenvalue weighted by Gasteiger charge is 2.15. The van der Waals surface area contributed by atoms with Crippen LogP contribution in [-0.4, -0.2) is 23.1 Å². The number of aromatic nitrogens is 1. The molecule has 5 heteroatoms. The number of pyridine rings is 1. The first-order valence-corrected chi connectivity index (χ1v) is 6.73. The molecule has 2 rings (SSSR count). The molecule has 21 heavy (non-hydrogen) atoms. The predicted octanol–water partition coefficient (Wildman–Crippen LogP) is 2.43. The van der Waals surface area contributed by atoms with Gasteiger partial charge in [-0.1, -0.05) is 29.4 Å². The number of rotatable bonds is 4. The van der Waals surface area contributed by atoms with Crippen LogP contribution in [0.4, 0.5) is 5.82 Å². The molecule has 3 N–H and O–H groups in total. The molecule has 1 aromatic carbocycles. The number of aryl methyl sites for hydroxylation is 2. The molecule has 1 heterocycles. The van der Waals surface area contributed by atoms with Gasteiger partial charge in [0, 0.05) is 19.8 Å². The van der Waals surface area contributed by atoms with E-state index in [1.54, 1.807) is 6.20 Å². The molecule has 0 bridgehead atoms. The smallest absolute Gasteiger partial charge is 0.174 e. The summed E-state index contributed by atoms with van der Waals surface area (Å²) in [4.78, 5) is 6.39. The molecule has 5 nitrogen and oxygen atoms in total. The summed E-state index contributed by atoms with van der Waals surface area (Å²) in [7, 11) is 1.95. The third kappa shape index (κ3) is 3.13. The molecule has 0 amide bonds. The van der Waals surface area contributed by atoms with Gasteiger partial charge in [0.25, 0.3) is 0 Å². The minimum absolute atomic E-state index is 0.0761. The number of amidine groups is 1. The quantitative estimate of drug-likeness (QED) is 0.391. The Labute approximate surface area is 124 Å². The molecule has 2 aromatic rings. The molecule has 1 aromatic heterocycles. The zero-order valence-corrected chi connectivity index (χ0v) is 12.5. The molecule has 110 valence electrons. The maximum atomic E-state index is 8.97. The number of nitrogens with two attached hydrogens (primary N) is 1. The minimum Gasteiger partial charge on any atom is -0.409 e. The van der Waals surface area contributed by atoms with Crippen molar-refractivity contribution in [2.24, 2.45) is 10.9 Å². The first-order valence-electron chi connectivity index (χ1n) is 6.73. The van der Waals surface area contributed by atoms with Crippen molar-refractivity contribution < 1.29 is 5.21 Å². The second-order valence-corrected chi connectivity index (χ2v) is 5.09. The van der Waals surface area contributed by atoms with Gasteiger partial charge in [-0.2, -0.15) is 0 Å². The van der Waals surface area contributed by atoms with E-state index < -0.39 is 0 Å². The zero-order chi connectivity index (χ0) is 15.4. The fourth-order valence-corrected chi connectivity index (χ4v) is 2.32. The summed E-state index contributed by atoms with van der Waals surface area (Å²) in [6.45, 7) is 4.70. The van der Waals surface area contributed by atoms with E-state index >= 15 is 0 Å². The third-order valence-corrected chi connectivity index (χ3v) is 3.53. The Kier molecular flexibility index (Phi) is 4.42. The summed E-state index contributed by atoms with van der Waals surface area (Å²) >= 11 is 0. The van der Waals surface area contributed by atoms with Gasteiger partial charge in [0.15, 0.2) is 5.84 Å². The van der Waals surface area contributed by atoms with Gasteiger partial charge in [-0.05, 0) is 36.6 Å². The summed E-state index contributed by atoms with van der Waals surface area (Å²) in [5.41, 5.74) is 9.82. The van der Waals surface area contributed by atoms with Crippen LogP contribution in [-0.2, 0) is 6.54 Å². The molecule has 0 aliphatic heterocycles. The molecular weight excluding hydrogens is 264 g/mol. The first kappa shape index (κ1) is 14.8. The number of oxime groups is 1. The van der Waals surface area contributed by atoms with E-state index in [1.165, 1.54) is 11.1 Å². The average Bonchev–Trinajstić information content (AvgIpc) is 2.48. The van der Waals surface area contributed by atoms with Gasteiger partial charge < -0.3 is 15.8 Å². The van der Waals surface area contributed by atoms with Crippen LogP contribution < -0.4 is 10.6 Å². The Morgan fingerprint density at radius 3 is 2.62 bits per heavy atom. The Balaban J connectivity index is 2.38. The van der Waals surface area contributed by atoms with Gasteiger partial charge in [-0.15, -0.1) is 0 Å². The fraction of sp³-hybridized carbons (Fsp3) is 0.250. The van der Waals surface area contributed by atoms with Gasteiger partial charge >= 0.3 is 0 Å². The minimum atomic E-state index is 0.0761. The number of hydrogen-bond donors (Lipinski definition) is 2. The topological polar surface area (TPSA) is 74.7 Å². The maximum Gasteiger partial charge on any atom is 0.174 e. The van der Waals surface area contributed by atoms with Gasteiger partial charge in [0.1, 0.15) is 5.82 Å². The second-order valence-electron chi connectivity index (χ2n) is 5.09. The molecule has 0 aliphatic rings. The van der Waals surface area contributed by atoms with Crippen LogP contribution in [0.2, 0.25) is 0 Å². The van der Waals surface area contributed by atoms with Gasteiger partial charge in [-0.3, -0.25) is 0 Å². The van der Waals surface area contributed by atoms with Crippen LogP contribution in [0.5, 0.6) is 0 Å². The lowest BCUT2D eigenvalue weighted by Crippen LogP contribution is -2.25. The number of anilines is 1. The van der Waals surface area contributed by atoms with E-state index in [0.717, 1.165) is 5.56 Å². The van der Waals surface area contributed by atoms with Gasteiger partial charge in [-0.25, -0.2) is 4.98 Å². The van der Waals surface area contributed by atoms with Crippen molar-refractivity contribution in [2.45, 2.75) is 20.4 Å². The van der Waals surface area contributed by atoms with Crippen molar-refractivity contribution >= 4 is 11.7 Å². The normalized spacial score (nSPS) is 11.5. The molecule has 0 aliphatic carbocycles. The number of nitrogens with zero attached hydrogens (tertiary/aromatic N) is 3. The SMILES string of the molecule is Cc1ccccc1CN(C)c1nccc(C)c1/C(N)=N/O. The Morgan fingerprint density at radius 1 is 1.24 bits per heavy atom. The van der Waals surface area contributed by atoms with Crippen molar-refractivity contribution in [3.8, 4) is 0 Å². The molecular formula is C16H20N4O. The number of hydrogen-bond acceptors (Lipinski definition) is 4. The maximum absolute atomic E-state index is 8.97. The van der Waals surface area contributed by atoms with E-state index in [9.17, 15) is 0 Å². The van der Waals surface area contributed by atoms with E-state index in [4.69, 9.17) is 10.9 Å². The molecule has 0 fully saturated rings. The zero-order valence-electron chi connectivity index (χ0n) is 12.5. The molecule has 0 unspecified atom stereocenters. The van der Waals surface area contributed by atoms with Crippen LogP contribution in [0.1, 0.15) is 22.3 Å². The van der Waals surface area contributed by atoms with Gasteiger partial charge in [0.2, 0.25) is 0 Å². The van der Waals surface area contributed by atoms with Crippen molar-refractivity contribution in [1.82, 2.24) is 4.98 Å². The fourth-order valence-electron chi connectivity index (χ4n) is 2.32. The van der Waals surface area contributed by atoms with Crippen LogP contribution in [0.3, 0.4) is 0 Å². The van der Waals surface area contributed by atoms with Crippen molar-refractivity contribution in [1.29, 1.82) is 0 Å². The largest absolute Gasteiger partial charge is 0.409 e. The van der Waals surface area contributed by atoms with E-state index in [1.807, 2.05) is 37.1 Å². The molecule has 0 radical (unpaired) electrons. The summed E-state index contributed by atoms with van der Waals surface area (Å²) in [6.07, 6.45) is 1.73. The summed E-state index contributed by atoms with van der Waals surface area (Å²) in [6, 6.07) is 10.1. The predicted molar refractivity (Wildman–Crippen MR) is 84.8 cm³/mol. The highest BCUT2D eigenvalue weighted by Crippen LogP contribution is 2.22. The Bertz CT molecular complexity index is 667. The van der Waals surface area contributed by atoms with Crippen LogP contribution in [0, 0.1) is 13.8 Å². The second kappa shape index (κ2) is 6.26. The Morgan fingerprint density at radius 2 is 1.95 bits per heavy atom. The molecule has 0 saturated heterocycles. The van der Waals surface area contributed by atoms with Crippen LogP contribution in [0.25, 0.3) is 0 Å². The van der Waals surface area contributed by atoms with Crippen molar-refractivity contribution in [3.63, 3.8) is 0 Å². The highest BCUT2D eigenvalue weighted by molar-refractivity contribution is 6.02. The molecule has 0 atom stereocenters. The lowest BCUT2D eigenvalue weighted by molar-refractivity contribution is 0.318. The van der Waals surface area contributed by atoms with Crippen LogP contribution >= 0.6 is 0 Å². The standard InChI is InChI=1S/C16H20N4O/c1-11-6-4-5-7-13(11)10-20(3)16-14(15(17)19-21)12(2)8-9-18-16/h4-9,21H,10H2,1-3H3,(H2,17,19). The monoisotopic (exact) mass is 284 g/mol. The van der Waals surface area contributed by atoms with Crippen molar-refractivity contribution in [3.05, 3.63) is 58.8 Å². The summed E-state index contributed by atoms with van der Waals surface area (Å²) in [5.74, 6) is 0.779. The first-order chi connectivity index (χ1) is 10.0. The molecule has 0 spiro atoms. The third-order valence-electron chi connectivity index (χ3n) is 3.53. The van der Waals surface area contributed by atoms with E-state index in [-0.39, 0.29) is 5.84 Å². The van der Waals surface area contributed by atoms with Gasteiger partial charge in [0.05, 0.1) is 5.56 Å². The van der Waals surface area contributed by atoms with E-state index in [2.05, 4.69) is 29.2 Å². The lowest BCUT2D eigenvalue weighted by atomic mass is 10.1. The summed E-state index contributed by atoms with van der Waals surface area (Å²) in [5, 5.41) is 12.1. The average molecular weight is 284 g/mol. The summed E-state index contributed by atoms with van der Waals surface area (Å²) < 4.78 is 0. The Hall–Kier alpha value is -2.56. The van der Waals surface area contributed by atoms with Crippen molar-refractivity contribution in [2.75, 3.05) is 11.9 Å². The van der Waals surface area contributed by atoms with E-state index in [0.29, 0.717) is 17.9 Å². The lowest BCUT2D eigenvalue weighted by Gasteiger charge is -2.22. The highest BCUT2D eigenvalue weighted by atomic mass is 16.4. The van der Waals surface area contributed by atoms with Crippen LogP contribution in [0.15, 0.2) is 41.7 Å².